The predicted octanol–water partition coefficient (Wildman–Crippen LogP) is 3.16. The minimum absolute atomic E-state index is 0.119. The van der Waals surface area contributed by atoms with Crippen LogP contribution in [0.4, 0.5) is 4.39 Å². The van der Waals surface area contributed by atoms with Crippen molar-refractivity contribution < 1.29 is 18.7 Å². The van der Waals surface area contributed by atoms with Gasteiger partial charge >= 0.3 is 0 Å². The maximum Gasteiger partial charge on any atom is 0.260 e. The first kappa shape index (κ1) is 14.9. The van der Waals surface area contributed by atoms with Gasteiger partial charge in [-0.1, -0.05) is 29.8 Å². The van der Waals surface area contributed by atoms with Gasteiger partial charge in [0.15, 0.2) is 5.15 Å². The second-order valence-corrected chi connectivity index (χ2v) is 4.11. The molecule has 0 spiro atoms. The Kier molecular flexibility index (Phi) is 4.84. The maximum atomic E-state index is 13.8. The van der Waals surface area contributed by atoms with Crippen LogP contribution < -0.4 is 4.74 Å². The molecular formula is C14H9ClFN2O3. The van der Waals surface area contributed by atoms with Crippen LogP contribution in [0, 0.1) is 5.82 Å². The Hall–Kier alpha value is -2.47. The largest absolute Gasteiger partial charge is 0.504 e. The van der Waals surface area contributed by atoms with E-state index in [1.807, 2.05) is 0 Å². The van der Waals surface area contributed by atoms with Crippen LogP contribution in [0.2, 0.25) is 5.15 Å². The van der Waals surface area contributed by atoms with Crippen LogP contribution in [0.15, 0.2) is 36.9 Å². The molecule has 0 amide bonds. The summed E-state index contributed by atoms with van der Waals surface area (Å²) in [6.07, 6.45) is 4.00. The van der Waals surface area contributed by atoms with Crippen molar-refractivity contribution in [2.75, 3.05) is 7.11 Å². The van der Waals surface area contributed by atoms with Gasteiger partial charge in [0.25, 0.3) is 5.88 Å². The Morgan fingerprint density at radius 3 is 2.86 bits per heavy atom. The first-order valence-electron chi connectivity index (χ1n) is 5.71. The van der Waals surface area contributed by atoms with Gasteiger partial charge in [-0.05, 0) is 6.07 Å². The van der Waals surface area contributed by atoms with Crippen molar-refractivity contribution in [3.8, 4) is 11.6 Å². The first-order valence-corrected chi connectivity index (χ1v) is 6.09. The highest BCUT2D eigenvalue weighted by atomic mass is 35.5. The minimum atomic E-state index is -0.888. The Morgan fingerprint density at radius 1 is 1.38 bits per heavy atom. The van der Waals surface area contributed by atoms with Crippen LogP contribution in [-0.4, -0.2) is 23.4 Å². The van der Waals surface area contributed by atoms with E-state index in [0.29, 0.717) is 5.56 Å². The van der Waals surface area contributed by atoms with Gasteiger partial charge in [-0.15, -0.1) is 0 Å². The van der Waals surface area contributed by atoms with Crippen molar-refractivity contribution in [1.82, 2.24) is 9.97 Å². The van der Waals surface area contributed by atoms with Gasteiger partial charge in [-0.3, -0.25) is 4.79 Å². The summed E-state index contributed by atoms with van der Waals surface area (Å²) in [6.45, 7) is 0. The summed E-state index contributed by atoms with van der Waals surface area (Å²) in [6, 6.07) is 6.50. The second-order valence-electron chi connectivity index (χ2n) is 3.75. The topological polar surface area (TPSA) is 61.3 Å². The fourth-order valence-electron chi connectivity index (χ4n) is 1.55. The van der Waals surface area contributed by atoms with E-state index < -0.39 is 5.82 Å². The van der Waals surface area contributed by atoms with Crippen LogP contribution in [0.25, 0.3) is 5.57 Å². The Morgan fingerprint density at radius 2 is 2.14 bits per heavy atom. The van der Waals surface area contributed by atoms with Crippen LogP contribution in [0.3, 0.4) is 0 Å². The van der Waals surface area contributed by atoms with E-state index in [9.17, 15) is 9.18 Å². The molecule has 2 aromatic rings. The molecule has 7 heteroatoms. The Bertz CT molecular complexity index is 692. The molecule has 1 heterocycles. The highest BCUT2D eigenvalue weighted by molar-refractivity contribution is 6.29. The molecule has 0 aliphatic heterocycles. The number of allylic oxidation sites excluding steroid dienone is 1. The number of hydrogen-bond donors (Lipinski definition) is 0. The zero-order valence-electron chi connectivity index (χ0n) is 10.8. The lowest BCUT2D eigenvalue weighted by atomic mass is 10.1. The molecule has 0 aliphatic rings. The number of carbonyl (C=O) groups excluding carboxylic acids is 1. The van der Waals surface area contributed by atoms with Crippen molar-refractivity contribution in [3.05, 3.63) is 53.4 Å². The molecule has 0 saturated heterocycles. The molecule has 0 atom stereocenters. The summed E-state index contributed by atoms with van der Waals surface area (Å²) < 4.78 is 23.9. The predicted molar refractivity (Wildman–Crippen MR) is 74.2 cm³/mol. The Balaban J connectivity index is 2.43. The lowest BCUT2D eigenvalue weighted by Crippen LogP contribution is -1.98. The van der Waals surface area contributed by atoms with Crippen LogP contribution in [0.5, 0.6) is 11.6 Å². The fraction of sp³-hybridized carbons (Fsp3) is 0.0714. The number of ether oxygens (including phenoxy) is 2. The van der Waals surface area contributed by atoms with Crippen LogP contribution in [-0.2, 0) is 9.53 Å². The molecule has 5 nitrogen and oxygen atoms in total. The maximum absolute atomic E-state index is 13.8. The summed E-state index contributed by atoms with van der Waals surface area (Å²) in [5.74, 6) is -1.02. The molecule has 0 unspecified atom stereocenters. The molecule has 107 valence electrons. The van der Waals surface area contributed by atoms with Gasteiger partial charge in [0.1, 0.15) is 12.1 Å². The van der Waals surface area contributed by atoms with Crippen molar-refractivity contribution in [2.45, 2.75) is 0 Å². The molecule has 2 rings (SSSR count). The number of benzene rings is 1. The molecule has 0 N–H and O–H groups in total. The number of aromatic nitrogens is 2. The van der Waals surface area contributed by atoms with Crippen LogP contribution >= 0.6 is 11.6 Å². The zero-order chi connectivity index (χ0) is 15.2. The van der Waals surface area contributed by atoms with E-state index in [2.05, 4.69) is 9.97 Å². The first-order chi connectivity index (χ1) is 10.2. The number of hydrogen-bond acceptors (Lipinski definition) is 5. The standard InChI is InChI=1S/C14H9ClFN2O3/c1-20-7-9(6-19)10-4-2-3-5-11(10)21-14-12(16)13(15)17-8-18-14/h2-5,7-8H,1H3/b9-7-. The third-order valence-electron chi connectivity index (χ3n) is 2.44. The summed E-state index contributed by atoms with van der Waals surface area (Å²) in [5, 5.41) is -0.355. The molecule has 0 aliphatic carbocycles. The van der Waals surface area contributed by atoms with Gasteiger partial charge in [0.05, 0.1) is 18.9 Å². The van der Waals surface area contributed by atoms with E-state index in [0.717, 1.165) is 6.33 Å². The molecule has 0 bridgehead atoms. The van der Waals surface area contributed by atoms with Gasteiger partial charge in [-0.2, -0.15) is 9.37 Å². The average molecular weight is 308 g/mol. The van der Waals surface area contributed by atoms with E-state index in [1.54, 1.807) is 30.6 Å². The smallest absolute Gasteiger partial charge is 0.260 e. The summed E-state index contributed by atoms with van der Waals surface area (Å²) in [5.41, 5.74) is 0.497. The zero-order valence-corrected chi connectivity index (χ0v) is 11.6. The fourth-order valence-corrected chi connectivity index (χ4v) is 1.67. The number of para-hydroxylation sites is 1. The number of rotatable bonds is 5. The van der Waals surface area contributed by atoms with Crippen molar-refractivity contribution in [2.24, 2.45) is 0 Å². The Labute approximate surface area is 125 Å². The molecule has 1 aromatic heterocycles. The average Bonchev–Trinajstić information content (AvgIpc) is 2.50. The normalized spacial score (nSPS) is 11.1. The third kappa shape index (κ3) is 3.35. The molecule has 21 heavy (non-hydrogen) atoms. The highest BCUT2D eigenvalue weighted by Gasteiger charge is 2.15. The summed E-state index contributed by atoms with van der Waals surface area (Å²) >= 11 is 5.56. The lowest BCUT2D eigenvalue weighted by molar-refractivity contribution is 0.340. The van der Waals surface area contributed by atoms with E-state index in [1.165, 1.54) is 13.4 Å². The van der Waals surface area contributed by atoms with E-state index in [-0.39, 0.29) is 22.4 Å². The molecule has 1 aromatic carbocycles. The van der Waals surface area contributed by atoms with Gasteiger partial charge in [0, 0.05) is 5.56 Å². The highest BCUT2D eigenvalue weighted by Crippen LogP contribution is 2.30. The monoisotopic (exact) mass is 307 g/mol. The molecule has 1 radical (unpaired) electrons. The number of methoxy groups -OCH3 is 1. The van der Waals surface area contributed by atoms with Gasteiger partial charge < -0.3 is 9.47 Å². The minimum Gasteiger partial charge on any atom is -0.504 e. The van der Waals surface area contributed by atoms with Crippen LogP contribution in [0.1, 0.15) is 5.56 Å². The van der Waals surface area contributed by atoms with Crippen molar-refractivity contribution in [1.29, 1.82) is 0 Å². The lowest BCUT2D eigenvalue weighted by Gasteiger charge is -2.10. The van der Waals surface area contributed by atoms with E-state index >= 15 is 0 Å². The second kappa shape index (κ2) is 6.81. The summed E-state index contributed by atoms with van der Waals surface area (Å²) in [7, 11) is 1.39. The van der Waals surface area contributed by atoms with Gasteiger partial charge in [-0.25, -0.2) is 4.98 Å². The summed E-state index contributed by atoms with van der Waals surface area (Å²) in [4.78, 5) is 18.1. The van der Waals surface area contributed by atoms with Crippen molar-refractivity contribution >= 4 is 23.5 Å². The quantitative estimate of drug-likeness (QED) is 0.482. The number of nitrogens with zero attached hydrogens (tertiary/aromatic N) is 2. The number of halogens is 2. The van der Waals surface area contributed by atoms with E-state index in [4.69, 9.17) is 21.1 Å². The third-order valence-corrected chi connectivity index (χ3v) is 2.71. The SMILES string of the molecule is CO/C=C(/[C]=O)c1ccccc1Oc1ncnc(Cl)c1F. The molecule has 0 fully saturated rings. The molecule has 0 saturated carbocycles. The van der Waals surface area contributed by atoms with Crippen molar-refractivity contribution in [3.63, 3.8) is 0 Å². The molecular weight excluding hydrogens is 299 g/mol. The van der Waals surface area contributed by atoms with Gasteiger partial charge in [0.2, 0.25) is 12.1 Å².